The summed E-state index contributed by atoms with van der Waals surface area (Å²) in [6.45, 7) is 0. The van der Waals surface area contributed by atoms with Crippen LogP contribution in [0.3, 0.4) is 0 Å². The maximum absolute atomic E-state index is 0. The summed E-state index contributed by atoms with van der Waals surface area (Å²) in [5, 5.41) is 0. The van der Waals surface area contributed by atoms with Crippen LogP contribution in [-0.2, 0) is 34.1 Å². The maximum Gasteiger partial charge on any atom is 1.00 e. The van der Waals surface area contributed by atoms with Gasteiger partial charge in [-0.3, -0.25) is 0 Å². The second-order valence-electron chi connectivity index (χ2n) is 0. The molecule has 0 heterocycles. The molecule has 0 saturated heterocycles. The van der Waals surface area contributed by atoms with Crippen molar-refractivity contribution in [1.29, 1.82) is 0 Å². The third-order valence-corrected chi connectivity index (χ3v) is 0. The first-order valence-corrected chi connectivity index (χ1v) is 0. The van der Waals surface area contributed by atoms with Crippen LogP contribution in [0.4, 0.5) is 0 Å². The molecule has 4 heavy (non-hydrogen) atoms. The summed E-state index contributed by atoms with van der Waals surface area (Å²) in [6.07, 6.45) is 0. The average Bonchev–Trinajstić information content (AvgIpc) is 0. The van der Waals surface area contributed by atoms with Gasteiger partial charge >= 0.3 is 51.4 Å². The quantitative estimate of drug-likeness (QED) is 0.340. The molecule has 0 aliphatic carbocycles. The monoisotopic (exact) mass is 191 g/mol. The van der Waals surface area contributed by atoms with Crippen molar-refractivity contribution >= 4 is 11.0 Å². The fourth-order valence-electron chi connectivity index (χ4n) is 0. The third-order valence-electron chi connectivity index (χ3n) is 0. The van der Waals surface area contributed by atoms with Crippen LogP contribution >= 0.6 is 0 Å². The Bertz CT molecular complexity index is 11.6. The zero-order valence-electron chi connectivity index (χ0n) is 2.66. The van der Waals surface area contributed by atoms with Gasteiger partial charge in [0.1, 0.15) is 0 Å². The van der Waals surface area contributed by atoms with E-state index in [1.165, 1.54) is 0 Å². The molecule has 0 nitrogen and oxygen atoms in total. The summed E-state index contributed by atoms with van der Waals surface area (Å²) in [5.74, 6) is 0. The van der Waals surface area contributed by atoms with Crippen molar-refractivity contribution in [1.82, 2.24) is 0 Å². The van der Waals surface area contributed by atoms with Gasteiger partial charge in [-0.1, -0.05) is 0 Å². The van der Waals surface area contributed by atoms with Crippen molar-refractivity contribution in [2.24, 2.45) is 0 Å². The van der Waals surface area contributed by atoms with E-state index >= 15 is 0 Å². The molecule has 0 saturated carbocycles. The van der Waals surface area contributed by atoms with Crippen LogP contribution in [0.1, 0.15) is 1.43 Å². The molecule has 0 bridgehead atoms. The second kappa shape index (κ2) is 16.9. The topological polar surface area (TPSA) is 0 Å². The molecule has 0 aromatic carbocycles. The van der Waals surface area contributed by atoms with Gasteiger partial charge in [0.05, 0.1) is 0 Å². The predicted octanol–water partition coefficient (Wildman–Crippen LogP) is -4.34. The Morgan fingerprint density at radius 3 is 1.25 bits per heavy atom. The normalized spacial score (nSPS) is 0. The molecule has 0 aromatic rings. The molecular weight excluding hydrogens is 187 g/mol. The number of rotatable bonds is 0. The van der Waals surface area contributed by atoms with Crippen molar-refractivity contribution in [3.05, 3.63) is 0 Å². The summed E-state index contributed by atoms with van der Waals surface area (Å²) >= 11 is 0. The van der Waals surface area contributed by atoms with E-state index in [1.54, 1.807) is 0 Å². The molecule has 0 spiro atoms. The Morgan fingerprint density at radius 1 is 1.25 bits per heavy atom. The number of hydrogen-bond acceptors (Lipinski definition) is 0. The Hall–Kier alpha value is 2.89. The smallest absolute Gasteiger partial charge is 1.00 e. The van der Waals surface area contributed by atoms with Gasteiger partial charge in [0.15, 0.2) is 0 Å². The second-order valence-corrected chi connectivity index (χ2v) is 0. The third kappa shape index (κ3) is 8.86. The first-order chi connectivity index (χ1) is 0. The molecule has 0 unspecified atom stereocenters. The van der Waals surface area contributed by atoms with Crippen molar-refractivity contribution in [3.63, 3.8) is 0 Å². The summed E-state index contributed by atoms with van der Waals surface area (Å²) in [4.78, 5) is 0. The molecule has 1 radical (unpaired) electrons. The van der Waals surface area contributed by atoms with Gasteiger partial charge in [-0.2, -0.15) is 0 Å². The van der Waals surface area contributed by atoms with Gasteiger partial charge in [0.25, 0.3) is 0 Å². The van der Waals surface area contributed by atoms with Crippen LogP contribution in [0.2, 0.25) is 0 Å². The first kappa shape index (κ1) is 28.6. The van der Waals surface area contributed by atoms with Gasteiger partial charge in [-0.05, 0) is 11.0 Å². The standard InChI is InChI=1S/Cu.Fe.K.H4Si.H/h;;;1H4;/q;;+1;;-1. The Balaban J connectivity index is 0. The van der Waals surface area contributed by atoms with Crippen LogP contribution < -0.4 is 51.4 Å². The van der Waals surface area contributed by atoms with Crippen LogP contribution in [0.15, 0.2) is 0 Å². The number of hydrogen-bond donors (Lipinski definition) is 0. The summed E-state index contributed by atoms with van der Waals surface area (Å²) < 4.78 is 0. The van der Waals surface area contributed by atoms with E-state index in [2.05, 4.69) is 0 Å². The minimum Gasteiger partial charge on any atom is -1.00 e. The summed E-state index contributed by atoms with van der Waals surface area (Å²) in [7, 11) is 0. The fraction of sp³-hybridized carbons (Fsp3) is 0. The summed E-state index contributed by atoms with van der Waals surface area (Å²) in [6, 6.07) is 0. The first-order valence-electron chi connectivity index (χ1n) is 0. The molecule has 29 valence electrons. The fourth-order valence-corrected chi connectivity index (χ4v) is 0. The van der Waals surface area contributed by atoms with Crippen LogP contribution in [-0.4, -0.2) is 11.0 Å². The van der Waals surface area contributed by atoms with Crippen molar-refractivity contribution in [2.45, 2.75) is 0 Å². The van der Waals surface area contributed by atoms with Crippen LogP contribution in [0, 0.1) is 0 Å². The molecule has 4 heteroatoms. The SMILES string of the molecule is [Cu].[Fe].[H-].[K+].[SiH4]. The van der Waals surface area contributed by atoms with Gasteiger partial charge in [0.2, 0.25) is 0 Å². The van der Waals surface area contributed by atoms with Gasteiger partial charge in [-0.25, -0.2) is 0 Å². The molecule has 0 aliphatic heterocycles. The molecule has 0 rings (SSSR count). The largest absolute Gasteiger partial charge is 1.00 e. The Kier molecular flexibility index (Phi) is 121. The van der Waals surface area contributed by atoms with E-state index in [1.807, 2.05) is 0 Å². The minimum absolute atomic E-state index is 0. The zero-order valence-corrected chi connectivity index (χ0v) is 6.82. The predicted molar refractivity (Wildman–Crippen MR) is 12.4 cm³/mol. The van der Waals surface area contributed by atoms with E-state index in [9.17, 15) is 0 Å². The van der Waals surface area contributed by atoms with E-state index < -0.39 is 0 Å². The minimum atomic E-state index is 0. The molecule has 0 aliphatic rings. The van der Waals surface area contributed by atoms with Crippen LogP contribution in [0.25, 0.3) is 0 Å². The Morgan fingerprint density at radius 2 is 1.25 bits per heavy atom. The van der Waals surface area contributed by atoms with E-state index in [0.717, 1.165) is 0 Å². The molecular formula is H5CuFeKSi. The van der Waals surface area contributed by atoms with Crippen molar-refractivity contribution in [3.8, 4) is 0 Å². The maximum atomic E-state index is 0. The van der Waals surface area contributed by atoms with E-state index in [-0.39, 0.29) is 97.9 Å². The van der Waals surface area contributed by atoms with Gasteiger partial charge in [0, 0.05) is 34.1 Å². The van der Waals surface area contributed by atoms with E-state index in [0.29, 0.717) is 0 Å². The molecule has 0 amide bonds. The van der Waals surface area contributed by atoms with Crippen molar-refractivity contribution < 1.29 is 86.9 Å². The zero-order chi connectivity index (χ0) is 0. The molecule has 0 atom stereocenters. The van der Waals surface area contributed by atoms with Crippen LogP contribution in [0.5, 0.6) is 0 Å². The molecule has 0 fully saturated rings. The van der Waals surface area contributed by atoms with Gasteiger partial charge < -0.3 is 1.43 Å². The average molecular weight is 192 g/mol. The van der Waals surface area contributed by atoms with Gasteiger partial charge in [-0.15, -0.1) is 0 Å². The molecule has 0 N–H and O–H groups in total. The Labute approximate surface area is 95.7 Å². The molecule has 0 aromatic heterocycles. The summed E-state index contributed by atoms with van der Waals surface area (Å²) in [5.41, 5.74) is 0. The van der Waals surface area contributed by atoms with Crippen molar-refractivity contribution in [2.75, 3.05) is 0 Å². The van der Waals surface area contributed by atoms with E-state index in [4.69, 9.17) is 0 Å².